The third kappa shape index (κ3) is 5.95. The number of anilines is 1. The van der Waals surface area contributed by atoms with Gasteiger partial charge in [0.15, 0.2) is 0 Å². The lowest BCUT2D eigenvalue weighted by Crippen LogP contribution is -2.45. The van der Waals surface area contributed by atoms with E-state index in [0.29, 0.717) is 29.5 Å². The smallest absolute Gasteiger partial charge is 0.303 e. The number of amides is 2. The minimum atomic E-state index is -2.64. The molecule has 1 aliphatic carbocycles. The van der Waals surface area contributed by atoms with Gasteiger partial charge < -0.3 is 20.1 Å². The zero-order chi connectivity index (χ0) is 27.6. The Bertz CT molecular complexity index is 1250. The molecule has 38 heavy (non-hydrogen) atoms. The van der Waals surface area contributed by atoms with E-state index in [0.717, 1.165) is 12.0 Å². The Kier molecular flexibility index (Phi) is 7.99. The number of aliphatic carboxylic acids is 1. The molecule has 0 saturated heterocycles. The number of aryl methyl sites for hydroxylation is 1. The molecular weight excluding hydrogens is 501 g/mol. The molecule has 4 rings (SSSR count). The third-order valence-corrected chi connectivity index (χ3v) is 7.20. The summed E-state index contributed by atoms with van der Waals surface area (Å²) in [5.41, 5.74) is 2.64. The highest BCUT2D eigenvalue weighted by molar-refractivity contribution is 5.98. The highest BCUT2D eigenvalue weighted by Gasteiger charge is 2.37. The summed E-state index contributed by atoms with van der Waals surface area (Å²) in [6, 6.07) is 6.61. The molecule has 0 spiro atoms. The standard InChI is InChI=1S/C28H31F3N2O5/c1-28(2)10-8-17-12-18(14-21(29)25(17)28)32-27(37)26-20-7-6-19(38-15-22(30)31)13-16(20)9-11-33(26)23(34)4-3-5-24(35)36/h6-7,12-14,22,26H,3-5,8-11,15H2,1-2H3,(H,32,37)(H,35,36). The summed E-state index contributed by atoms with van der Waals surface area (Å²) in [6.07, 6.45) is -0.907. The Balaban J connectivity index is 1.62. The average molecular weight is 533 g/mol. The Labute approximate surface area is 219 Å². The molecule has 1 heterocycles. The van der Waals surface area contributed by atoms with Gasteiger partial charge in [-0.25, -0.2) is 13.2 Å². The zero-order valence-corrected chi connectivity index (χ0v) is 21.4. The van der Waals surface area contributed by atoms with Crippen LogP contribution in [0.5, 0.6) is 5.75 Å². The summed E-state index contributed by atoms with van der Waals surface area (Å²) in [5, 5.41) is 11.7. The molecule has 2 N–H and O–H groups in total. The molecule has 1 unspecified atom stereocenters. The molecule has 2 aromatic carbocycles. The van der Waals surface area contributed by atoms with Crippen LogP contribution in [0.15, 0.2) is 30.3 Å². The number of nitrogens with zero attached hydrogens (tertiary/aromatic N) is 1. The number of carboxylic acids is 1. The van der Waals surface area contributed by atoms with Gasteiger partial charge in [0.25, 0.3) is 12.3 Å². The first-order valence-corrected chi connectivity index (χ1v) is 12.6. The van der Waals surface area contributed by atoms with Crippen LogP contribution in [0.3, 0.4) is 0 Å². The minimum Gasteiger partial charge on any atom is -0.488 e. The van der Waals surface area contributed by atoms with Crippen molar-refractivity contribution in [2.75, 3.05) is 18.5 Å². The Morgan fingerprint density at radius 1 is 1.13 bits per heavy atom. The summed E-state index contributed by atoms with van der Waals surface area (Å²) < 4.78 is 45.3. The second-order valence-electron chi connectivity index (χ2n) is 10.4. The van der Waals surface area contributed by atoms with Gasteiger partial charge in [0, 0.05) is 25.1 Å². The number of carbonyl (C=O) groups is 3. The number of hydrogen-bond donors (Lipinski definition) is 2. The highest BCUT2D eigenvalue weighted by atomic mass is 19.3. The Morgan fingerprint density at radius 2 is 1.89 bits per heavy atom. The largest absolute Gasteiger partial charge is 0.488 e. The van der Waals surface area contributed by atoms with E-state index >= 15 is 4.39 Å². The number of rotatable bonds is 9. The van der Waals surface area contributed by atoms with Crippen LogP contribution in [-0.4, -0.2) is 47.4 Å². The Morgan fingerprint density at radius 3 is 2.61 bits per heavy atom. The fourth-order valence-corrected chi connectivity index (χ4v) is 5.41. The van der Waals surface area contributed by atoms with Crippen LogP contribution in [0.1, 0.15) is 67.8 Å². The summed E-state index contributed by atoms with van der Waals surface area (Å²) in [5.74, 6) is -2.11. The van der Waals surface area contributed by atoms with Crippen molar-refractivity contribution >= 4 is 23.5 Å². The van der Waals surface area contributed by atoms with Gasteiger partial charge in [-0.15, -0.1) is 0 Å². The third-order valence-electron chi connectivity index (χ3n) is 7.20. The molecule has 0 fully saturated rings. The van der Waals surface area contributed by atoms with Gasteiger partial charge in [-0.05, 0) is 77.6 Å². The SMILES string of the molecule is CC1(C)CCc2cc(NC(=O)C3c4ccc(OCC(F)F)cc4CCN3C(=O)CCCC(=O)O)cc(F)c21. The van der Waals surface area contributed by atoms with E-state index in [4.69, 9.17) is 9.84 Å². The van der Waals surface area contributed by atoms with Crippen LogP contribution in [0, 0.1) is 5.82 Å². The first kappa shape index (κ1) is 27.5. The van der Waals surface area contributed by atoms with E-state index in [-0.39, 0.29) is 48.6 Å². The Hall–Kier alpha value is -3.56. The number of halogens is 3. The van der Waals surface area contributed by atoms with Crippen molar-refractivity contribution in [3.63, 3.8) is 0 Å². The summed E-state index contributed by atoms with van der Waals surface area (Å²) >= 11 is 0. The first-order valence-electron chi connectivity index (χ1n) is 12.6. The molecular formula is C28H31F3N2O5. The van der Waals surface area contributed by atoms with Gasteiger partial charge >= 0.3 is 5.97 Å². The van der Waals surface area contributed by atoms with E-state index < -0.39 is 36.8 Å². The molecule has 2 aromatic rings. The monoisotopic (exact) mass is 532 g/mol. The topological polar surface area (TPSA) is 95.9 Å². The lowest BCUT2D eigenvalue weighted by molar-refractivity contribution is -0.140. The normalized spacial score (nSPS) is 17.6. The molecule has 204 valence electrons. The first-order chi connectivity index (χ1) is 18.0. The van der Waals surface area contributed by atoms with Crippen molar-refractivity contribution in [1.29, 1.82) is 0 Å². The van der Waals surface area contributed by atoms with Crippen LogP contribution < -0.4 is 10.1 Å². The van der Waals surface area contributed by atoms with Gasteiger partial charge in [-0.3, -0.25) is 14.4 Å². The number of ether oxygens (including phenoxy) is 1. The summed E-state index contributed by atoms with van der Waals surface area (Å²) in [7, 11) is 0. The van der Waals surface area contributed by atoms with Gasteiger partial charge in [0.2, 0.25) is 5.91 Å². The second-order valence-corrected chi connectivity index (χ2v) is 10.4. The summed E-state index contributed by atoms with van der Waals surface area (Å²) in [4.78, 5) is 39.0. The molecule has 2 amide bonds. The molecule has 0 saturated carbocycles. The van der Waals surface area contributed by atoms with Crippen molar-refractivity contribution in [2.24, 2.45) is 0 Å². The van der Waals surface area contributed by atoms with Crippen LogP contribution in [-0.2, 0) is 32.6 Å². The number of alkyl halides is 2. The van der Waals surface area contributed by atoms with E-state index in [1.54, 1.807) is 18.2 Å². The fourth-order valence-electron chi connectivity index (χ4n) is 5.41. The highest BCUT2D eigenvalue weighted by Crippen LogP contribution is 2.41. The fraction of sp³-hybridized carbons (Fsp3) is 0.464. The van der Waals surface area contributed by atoms with Crippen LogP contribution >= 0.6 is 0 Å². The number of nitrogens with one attached hydrogen (secondary N) is 1. The van der Waals surface area contributed by atoms with Crippen molar-refractivity contribution in [1.82, 2.24) is 4.90 Å². The molecule has 0 aromatic heterocycles. The van der Waals surface area contributed by atoms with Gasteiger partial charge in [0.05, 0.1) is 0 Å². The molecule has 0 bridgehead atoms. The molecule has 7 nitrogen and oxygen atoms in total. The molecule has 1 aliphatic heterocycles. The van der Waals surface area contributed by atoms with Crippen LogP contribution in [0.2, 0.25) is 0 Å². The van der Waals surface area contributed by atoms with E-state index in [2.05, 4.69) is 5.32 Å². The maximum atomic E-state index is 15.0. The van der Waals surface area contributed by atoms with Crippen LogP contribution in [0.4, 0.5) is 18.9 Å². The maximum absolute atomic E-state index is 15.0. The van der Waals surface area contributed by atoms with Crippen molar-refractivity contribution in [2.45, 2.75) is 70.3 Å². The van der Waals surface area contributed by atoms with E-state index in [1.807, 2.05) is 13.8 Å². The summed E-state index contributed by atoms with van der Waals surface area (Å²) in [6.45, 7) is 3.36. The predicted octanol–water partition coefficient (Wildman–Crippen LogP) is 5.01. The lowest BCUT2D eigenvalue weighted by Gasteiger charge is -2.36. The van der Waals surface area contributed by atoms with Crippen molar-refractivity contribution in [3.8, 4) is 5.75 Å². The molecule has 10 heteroatoms. The van der Waals surface area contributed by atoms with Crippen molar-refractivity contribution in [3.05, 3.63) is 58.4 Å². The van der Waals surface area contributed by atoms with Gasteiger partial charge in [-0.1, -0.05) is 19.9 Å². The van der Waals surface area contributed by atoms with E-state index in [9.17, 15) is 23.2 Å². The second kappa shape index (κ2) is 11.0. The molecule has 2 aliphatic rings. The van der Waals surface area contributed by atoms with Crippen molar-refractivity contribution < 1.29 is 37.4 Å². The molecule has 1 atom stereocenters. The lowest BCUT2D eigenvalue weighted by atomic mass is 9.86. The van der Waals surface area contributed by atoms with Crippen LogP contribution in [0.25, 0.3) is 0 Å². The van der Waals surface area contributed by atoms with Gasteiger partial charge in [0.1, 0.15) is 24.2 Å². The number of carbonyl (C=O) groups excluding carboxylic acids is 2. The quantitative estimate of drug-likeness (QED) is 0.473. The number of hydrogen-bond acceptors (Lipinski definition) is 4. The minimum absolute atomic E-state index is 0.0520. The molecule has 0 radical (unpaired) electrons. The number of benzene rings is 2. The van der Waals surface area contributed by atoms with E-state index in [1.165, 1.54) is 17.0 Å². The number of fused-ring (bicyclic) bond motifs is 2. The maximum Gasteiger partial charge on any atom is 0.303 e. The average Bonchev–Trinajstić information content (AvgIpc) is 3.15. The zero-order valence-electron chi connectivity index (χ0n) is 21.4. The predicted molar refractivity (Wildman–Crippen MR) is 134 cm³/mol. The van der Waals surface area contributed by atoms with Gasteiger partial charge in [-0.2, -0.15) is 0 Å². The number of carboxylic acid groups (broad SMARTS) is 1.